The lowest BCUT2D eigenvalue weighted by molar-refractivity contribution is 0.436. The van der Waals surface area contributed by atoms with Crippen LogP contribution < -0.4 is 9.80 Å². The van der Waals surface area contributed by atoms with Crippen LogP contribution in [-0.4, -0.2) is 29.6 Å². The van der Waals surface area contributed by atoms with Gasteiger partial charge < -0.3 is 9.80 Å². The molecule has 1 aromatic heterocycles. The van der Waals surface area contributed by atoms with E-state index in [9.17, 15) is 0 Å². The summed E-state index contributed by atoms with van der Waals surface area (Å²) in [6, 6.07) is 10.8. The largest absolute Gasteiger partial charge is 0.356 e. The second-order valence-corrected chi connectivity index (χ2v) is 6.82. The third kappa shape index (κ3) is 3.03. The number of hydrogen-bond acceptors (Lipinski definition) is 4. The van der Waals surface area contributed by atoms with E-state index < -0.39 is 0 Å². The van der Waals surface area contributed by atoms with Crippen molar-refractivity contribution in [3.63, 3.8) is 0 Å². The zero-order valence-electron chi connectivity index (χ0n) is 13.8. The smallest absolute Gasteiger partial charge is 0.227 e. The monoisotopic (exact) mass is 308 g/mol. The summed E-state index contributed by atoms with van der Waals surface area (Å²) in [7, 11) is 0. The Hall–Kier alpha value is -2.10. The van der Waals surface area contributed by atoms with Crippen molar-refractivity contribution in [2.45, 2.75) is 32.7 Å². The van der Waals surface area contributed by atoms with E-state index in [1.165, 1.54) is 24.0 Å². The summed E-state index contributed by atoms with van der Waals surface area (Å²) in [5.41, 5.74) is 2.87. The number of aromatic nitrogens is 2. The number of piperidine rings is 1. The normalized spacial score (nSPS) is 18.8. The zero-order valence-corrected chi connectivity index (χ0v) is 13.8. The number of fused-ring (bicyclic) bond motifs is 1. The molecule has 2 aliphatic heterocycles. The van der Waals surface area contributed by atoms with Crippen molar-refractivity contribution in [2.24, 2.45) is 5.92 Å². The summed E-state index contributed by atoms with van der Waals surface area (Å²) in [5, 5.41) is 0. The lowest BCUT2D eigenvalue weighted by atomic mass is 9.99. The summed E-state index contributed by atoms with van der Waals surface area (Å²) in [6.45, 7) is 6.48. The van der Waals surface area contributed by atoms with E-state index in [0.29, 0.717) is 0 Å². The van der Waals surface area contributed by atoms with Crippen LogP contribution in [0.15, 0.2) is 36.5 Å². The second kappa shape index (κ2) is 6.19. The first-order chi connectivity index (χ1) is 11.3. The van der Waals surface area contributed by atoms with Gasteiger partial charge in [-0.15, -0.1) is 0 Å². The molecule has 0 amide bonds. The number of rotatable bonds is 2. The predicted molar refractivity (Wildman–Crippen MR) is 93.8 cm³/mol. The molecule has 2 aromatic rings. The van der Waals surface area contributed by atoms with E-state index in [-0.39, 0.29) is 0 Å². The number of anilines is 2. The van der Waals surface area contributed by atoms with Gasteiger partial charge in [-0.1, -0.05) is 31.2 Å². The van der Waals surface area contributed by atoms with Crippen molar-refractivity contribution >= 4 is 11.8 Å². The Morgan fingerprint density at radius 1 is 0.957 bits per heavy atom. The fourth-order valence-electron chi connectivity index (χ4n) is 3.57. The summed E-state index contributed by atoms with van der Waals surface area (Å²) in [6.07, 6.45) is 5.51. The molecule has 3 heterocycles. The molecular formula is C19H24N4. The molecule has 0 spiro atoms. The average Bonchev–Trinajstić information content (AvgIpc) is 2.62. The number of hydrogen-bond donors (Lipinski definition) is 0. The standard InChI is InChI=1S/C19H24N4/c1-15-7-11-22(12-8-15)18-6-10-20-19(21-18)23-13-9-16-4-2-3-5-17(16)14-23/h2-6,10,15H,7-9,11-14H2,1H3. The molecule has 23 heavy (non-hydrogen) atoms. The lowest BCUT2D eigenvalue weighted by Crippen LogP contribution is -2.35. The zero-order chi connectivity index (χ0) is 15.6. The van der Waals surface area contributed by atoms with Crippen molar-refractivity contribution in [2.75, 3.05) is 29.4 Å². The fraction of sp³-hybridized carbons (Fsp3) is 0.474. The van der Waals surface area contributed by atoms with E-state index in [1.807, 2.05) is 6.20 Å². The van der Waals surface area contributed by atoms with Gasteiger partial charge in [0.05, 0.1) is 0 Å². The molecule has 4 heteroatoms. The molecule has 0 bridgehead atoms. The highest BCUT2D eigenvalue weighted by atomic mass is 15.3. The van der Waals surface area contributed by atoms with Crippen LogP contribution in [0, 0.1) is 5.92 Å². The molecule has 0 saturated carbocycles. The summed E-state index contributed by atoms with van der Waals surface area (Å²) < 4.78 is 0. The Morgan fingerprint density at radius 3 is 2.57 bits per heavy atom. The SMILES string of the molecule is CC1CCN(c2ccnc(N3CCc4ccccc4C3)n2)CC1. The highest BCUT2D eigenvalue weighted by Gasteiger charge is 2.21. The van der Waals surface area contributed by atoms with Gasteiger partial charge in [0.1, 0.15) is 5.82 Å². The van der Waals surface area contributed by atoms with Gasteiger partial charge in [-0.05, 0) is 42.4 Å². The quantitative estimate of drug-likeness (QED) is 0.852. The molecule has 1 saturated heterocycles. The third-order valence-corrected chi connectivity index (χ3v) is 5.15. The van der Waals surface area contributed by atoms with Crippen molar-refractivity contribution in [3.05, 3.63) is 47.7 Å². The average molecular weight is 308 g/mol. The second-order valence-electron chi connectivity index (χ2n) is 6.82. The molecule has 0 atom stereocenters. The van der Waals surface area contributed by atoms with Gasteiger partial charge in [-0.3, -0.25) is 0 Å². The van der Waals surface area contributed by atoms with Crippen LogP contribution >= 0.6 is 0 Å². The maximum Gasteiger partial charge on any atom is 0.227 e. The minimum atomic E-state index is 0.839. The van der Waals surface area contributed by atoms with Crippen LogP contribution in [0.4, 0.5) is 11.8 Å². The van der Waals surface area contributed by atoms with E-state index in [2.05, 4.69) is 52.0 Å². The lowest BCUT2D eigenvalue weighted by Gasteiger charge is -2.33. The van der Waals surface area contributed by atoms with Crippen LogP contribution in [-0.2, 0) is 13.0 Å². The maximum atomic E-state index is 4.86. The van der Waals surface area contributed by atoms with Gasteiger partial charge >= 0.3 is 0 Å². The van der Waals surface area contributed by atoms with Crippen LogP contribution in [0.5, 0.6) is 0 Å². The van der Waals surface area contributed by atoms with Crippen molar-refractivity contribution in [3.8, 4) is 0 Å². The Bertz CT molecular complexity index is 677. The van der Waals surface area contributed by atoms with E-state index in [4.69, 9.17) is 4.98 Å². The van der Waals surface area contributed by atoms with Gasteiger partial charge in [0, 0.05) is 32.4 Å². The molecule has 120 valence electrons. The Kier molecular flexibility index (Phi) is 3.90. The molecule has 0 aliphatic carbocycles. The van der Waals surface area contributed by atoms with Crippen molar-refractivity contribution in [1.29, 1.82) is 0 Å². The molecule has 0 unspecified atom stereocenters. The van der Waals surface area contributed by atoms with Crippen LogP contribution in [0.2, 0.25) is 0 Å². The van der Waals surface area contributed by atoms with E-state index in [1.54, 1.807) is 0 Å². The maximum absolute atomic E-state index is 4.86. The Labute approximate surface area is 138 Å². The van der Waals surface area contributed by atoms with Crippen LogP contribution in [0.3, 0.4) is 0 Å². The van der Waals surface area contributed by atoms with Gasteiger partial charge in [-0.2, -0.15) is 4.98 Å². The van der Waals surface area contributed by atoms with E-state index >= 15 is 0 Å². The summed E-state index contributed by atoms with van der Waals surface area (Å²) in [5.74, 6) is 2.79. The molecular weight excluding hydrogens is 284 g/mol. The minimum absolute atomic E-state index is 0.839. The van der Waals surface area contributed by atoms with Crippen molar-refractivity contribution < 1.29 is 0 Å². The molecule has 0 radical (unpaired) electrons. The minimum Gasteiger partial charge on any atom is -0.356 e. The van der Waals surface area contributed by atoms with E-state index in [0.717, 1.165) is 50.3 Å². The molecule has 4 rings (SSSR count). The first-order valence-electron chi connectivity index (χ1n) is 8.69. The third-order valence-electron chi connectivity index (χ3n) is 5.15. The topological polar surface area (TPSA) is 32.3 Å². The number of benzene rings is 1. The number of nitrogens with zero attached hydrogens (tertiary/aromatic N) is 4. The molecule has 2 aliphatic rings. The van der Waals surface area contributed by atoms with Gasteiger partial charge in [-0.25, -0.2) is 4.98 Å². The summed E-state index contributed by atoms with van der Waals surface area (Å²) >= 11 is 0. The van der Waals surface area contributed by atoms with Gasteiger partial charge in [0.25, 0.3) is 0 Å². The Morgan fingerprint density at radius 2 is 1.74 bits per heavy atom. The Balaban J connectivity index is 1.53. The van der Waals surface area contributed by atoms with Crippen LogP contribution in [0.25, 0.3) is 0 Å². The molecule has 4 nitrogen and oxygen atoms in total. The molecule has 1 aromatic carbocycles. The highest BCUT2D eigenvalue weighted by molar-refractivity contribution is 5.46. The molecule has 1 fully saturated rings. The first kappa shape index (κ1) is 14.5. The van der Waals surface area contributed by atoms with Gasteiger partial charge in [0.15, 0.2) is 0 Å². The van der Waals surface area contributed by atoms with Crippen LogP contribution in [0.1, 0.15) is 30.9 Å². The summed E-state index contributed by atoms with van der Waals surface area (Å²) in [4.78, 5) is 14.1. The van der Waals surface area contributed by atoms with Gasteiger partial charge in [0.2, 0.25) is 5.95 Å². The first-order valence-corrected chi connectivity index (χ1v) is 8.69. The molecule has 0 N–H and O–H groups in total. The predicted octanol–water partition coefficient (Wildman–Crippen LogP) is 3.28. The van der Waals surface area contributed by atoms with Crippen molar-refractivity contribution in [1.82, 2.24) is 9.97 Å². The highest BCUT2D eigenvalue weighted by Crippen LogP contribution is 2.25. The fourth-order valence-corrected chi connectivity index (χ4v) is 3.57.